The summed E-state index contributed by atoms with van der Waals surface area (Å²) in [5.41, 5.74) is 0.373. The van der Waals surface area contributed by atoms with Gasteiger partial charge in [0.15, 0.2) is 5.65 Å². The molecule has 2 aromatic heterocycles. The largest absolute Gasteiger partial charge is 0.491 e. The molecule has 0 aliphatic heterocycles. The van der Waals surface area contributed by atoms with E-state index in [0.29, 0.717) is 24.7 Å². The minimum absolute atomic E-state index is 0.0778. The third kappa shape index (κ3) is 3.62. The number of fused-ring (bicyclic) bond motifs is 1. The number of benzene rings is 1. The van der Waals surface area contributed by atoms with Crippen molar-refractivity contribution < 1.29 is 17.9 Å². The summed E-state index contributed by atoms with van der Waals surface area (Å²) < 4.78 is 35.8. The molecule has 3 aromatic rings. The Labute approximate surface area is 154 Å². The summed E-state index contributed by atoms with van der Waals surface area (Å²) in [6.45, 7) is 2.44. The van der Waals surface area contributed by atoms with Gasteiger partial charge in [0.1, 0.15) is 23.4 Å². The second-order valence-corrected chi connectivity index (χ2v) is 8.74. The lowest BCUT2D eigenvalue weighted by Gasteiger charge is -2.08. The molecular formula is C16H17N3O5S2. The Morgan fingerprint density at radius 3 is 2.58 bits per heavy atom. The van der Waals surface area contributed by atoms with E-state index in [9.17, 15) is 13.2 Å². The van der Waals surface area contributed by atoms with Crippen LogP contribution in [0.25, 0.3) is 16.0 Å². The molecular weight excluding hydrogens is 378 g/mol. The van der Waals surface area contributed by atoms with Crippen molar-refractivity contribution in [1.29, 1.82) is 0 Å². The SMILES string of the molecule is CCS(=O)(=O)c1nc2ncn(-c3ccc(OCCOC)cc3)c(=O)c2s1. The molecule has 138 valence electrons. The van der Waals surface area contributed by atoms with Gasteiger partial charge in [-0.05, 0) is 24.3 Å². The van der Waals surface area contributed by atoms with Gasteiger partial charge in [-0.1, -0.05) is 18.3 Å². The van der Waals surface area contributed by atoms with Crippen LogP contribution in [-0.2, 0) is 14.6 Å². The highest BCUT2D eigenvalue weighted by Gasteiger charge is 2.20. The van der Waals surface area contributed by atoms with Crippen LogP contribution in [0, 0.1) is 0 Å². The molecule has 10 heteroatoms. The first-order valence-corrected chi connectivity index (χ1v) is 10.3. The standard InChI is InChI=1S/C16H17N3O5S2/c1-3-26(21,22)16-18-14-13(25-16)15(20)19(10-17-14)11-4-6-12(7-5-11)24-9-8-23-2/h4-7,10H,3,8-9H2,1-2H3. The number of methoxy groups -OCH3 is 1. The van der Waals surface area contributed by atoms with E-state index in [1.807, 2.05) is 0 Å². The number of hydrogen-bond donors (Lipinski definition) is 0. The Kier molecular flexibility index (Phi) is 5.35. The first-order valence-electron chi connectivity index (χ1n) is 7.79. The summed E-state index contributed by atoms with van der Waals surface area (Å²) in [5, 5.41) is 0. The fraction of sp³-hybridized carbons (Fsp3) is 0.312. The monoisotopic (exact) mass is 395 g/mol. The van der Waals surface area contributed by atoms with Gasteiger partial charge in [0, 0.05) is 7.11 Å². The number of ether oxygens (including phenoxy) is 2. The molecule has 0 N–H and O–H groups in total. The van der Waals surface area contributed by atoms with Crippen LogP contribution in [-0.4, -0.2) is 49.0 Å². The van der Waals surface area contributed by atoms with Crippen LogP contribution in [0.1, 0.15) is 6.92 Å². The lowest BCUT2D eigenvalue weighted by Crippen LogP contribution is -2.17. The molecule has 26 heavy (non-hydrogen) atoms. The Balaban J connectivity index is 1.96. The van der Waals surface area contributed by atoms with E-state index in [1.54, 1.807) is 31.4 Å². The zero-order valence-corrected chi connectivity index (χ0v) is 15.8. The van der Waals surface area contributed by atoms with Crippen molar-refractivity contribution in [2.45, 2.75) is 11.3 Å². The quantitative estimate of drug-likeness (QED) is 0.561. The van der Waals surface area contributed by atoms with E-state index < -0.39 is 9.84 Å². The predicted molar refractivity (Wildman–Crippen MR) is 98.1 cm³/mol. The molecule has 0 spiro atoms. The van der Waals surface area contributed by atoms with Crippen LogP contribution >= 0.6 is 11.3 Å². The van der Waals surface area contributed by atoms with Crippen LogP contribution in [0.15, 0.2) is 39.7 Å². The Morgan fingerprint density at radius 2 is 1.92 bits per heavy atom. The zero-order chi connectivity index (χ0) is 18.7. The van der Waals surface area contributed by atoms with Crippen LogP contribution in [0.2, 0.25) is 0 Å². The highest BCUT2D eigenvalue weighted by Crippen LogP contribution is 2.23. The van der Waals surface area contributed by atoms with Gasteiger partial charge in [-0.15, -0.1) is 0 Å². The number of hydrogen-bond acceptors (Lipinski definition) is 8. The lowest BCUT2D eigenvalue weighted by molar-refractivity contribution is 0.146. The van der Waals surface area contributed by atoms with Crippen LogP contribution < -0.4 is 10.3 Å². The van der Waals surface area contributed by atoms with E-state index in [0.717, 1.165) is 11.3 Å². The predicted octanol–water partition coefficient (Wildman–Crippen LogP) is 1.66. The summed E-state index contributed by atoms with van der Waals surface area (Å²) in [4.78, 5) is 20.8. The van der Waals surface area contributed by atoms with Gasteiger partial charge in [-0.2, -0.15) is 0 Å². The van der Waals surface area contributed by atoms with Crippen LogP contribution in [0.3, 0.4) is 0 Å². The molecule has 1 aromatic carbocycles. The topological polar surface area (TPSA) is 100 Å². The van der Waals surface area contributed by atoms with Crippen LogP contribution in [0.4, 0.5) is 0 Å². The van der Waals surface area contributed by atoms with Gasteiger partial charge in [0.2, 0.25) is 14.2 Å². The average molecular weight is 395 g/mol. The molecule has 8 nitrogen and oxygen atoms in total. The van der Waals surface area contributed by atoms with E-state index in [-0.39, 0.29) is 26.0 Å². The minimum Gasteiger partial charge on any atom is -0.491 e. The summed E-state index contributed by atoms with van der Waals surface area (Å²) in [5.74, 6) is 0.577. The van der Waals surface area contributed by atoms with Gasteiger partial charge < -0.3 is 9.47 Å². The third-order valence-electron chi connectivity index (χ3n) is 3.62. The number of rotatable bonds is 7. The van der Waals surface area contributed by atoms with Gasteiger partial charge in [-0.25, -0.2) is 18.4 Å². The first-order chi connectivity index (χ1) is 12.5. The summed E-state index contributed by atoms with van der Waals surface area (Å²) in [6.07, 6.45) is 1.34. The van der Waals surface area contributed by atoms with E-state index in [2.05, 4.69) is 9.97 Å². The molecule has 0 bridgehead atoms. The number of sulfone groups is 1. The van der Waals surface area contributed by atoms with E-state index in [1.165, 1.54) is 17.8 Å². The van der Waals surface area contributed by atoms with Crippen molar-refractivity contribution in [2.75, 3.05) is 26.1 Å². The third-order valence-corrected chi connectivity index (χ3v) is 6.84. The molecule has 0 radical (unpaired) electrons. The normalized spacial score (nSPS) is 11.8. The van der Waals surface area contributed by atoms with Gasteiger partial charge in [0.25, 0.3) is 5.56 Å². The fourth-order valence-corrected chi connectivity index (χ4v) is 4.45. The molecule has 3 rings (SSSR count). The van der Waals surface area contributed by atoms with Crippen molar-refractivity contribution >= 4 is 31.5 Å². The maximum Gasteiger partial charge on any atom is 0.277 e. The average Bonchev–Trinajstić information content (AvgIpc) is 3.09. The first kappa shape index (κ1) is 18.5. The summed E-state index contributed by atoms with van der Waals surface area (Å²) in [6, 6.07) is 6.92. The number of nitrogens with zero attached hydrogens (tertiary/aromatic N) is 3. The Bertz CT molecular complexity index is 1070. The maximum absolute atomic E-state index is 12.7. The van der Waals surface area contributed by atoms with E-state index >= 15 is 0 Å². The highest BCUT2D eigenvalue weighted by molar-refractivity contribution is 7.93. The van der Waals surface area contributed by atoms with Crippen molar-refractivity contribution in [2.24, 2.45) is 0 Å². The van der Waals surface area contributed by atoms with Crippen molar-refractivity contribution in [3.63, 3.8) is 0 Å². The number of aromatic nitrogens is 3. The van der Waals surface area contributed by atoms with E-state index in [4.69, 9.17) is 9.47 Å². The Morgan fingerprint density at radius 1 is 1.19 bits per heavy atom. The smallest absolute Gasteiger partial charge is 0.277 e. The van der Waals surface area contributed by atoms with Crippen LogP contribution in [0.5, 0.6) is 5.75 Å². The molecule has 0 aliphatic rings. The fourth-order valence-electron chi connectivity index (χ4n) is 2.18. The maximum atomic E-state index is 12.7. The number of thiazole rings is 1. The van der Waals surface area contributed by atoms with Gasteiger partial charge in [0.05, 0.1) is 18.0 Å². The second-order valence-electron chi connectivity index (χ2n) is 5.29. The molecule has 0 saturated carbocycles. The lowest BCUT2D eigenvalue weighted by atomic mass is 10.3. The van der Waals surface area contributed by atoms with Gasteiger partial charge in [-0.3, -0.25) is 9.36 Å². The van der Waals surface area contributed by atoms with Crippen molar-refractivity contribution in [1.82, 2.24) is 14.5 Å². The molecule has 0 atom stereocenters. The highest BCUT2D eigenvalue weighted by atomic mass is 32.2. The molecule has 0 saturated heterocycles. The second kappa shape index (κ2) is 7.52. The Hall–Kier alpha value is -2.30. The molecule has 0 fully saturated rings. The molecule has 0 aliphatic carbocycles. The molecule has 0 amide bonds. The molecule has 0 unspecified atom stereocenters. The summed E-state index contributed by atoms with van der Waals surface area (Å²) in [7, 11) is -1.88. The van der Waals surface area contributed by atoms with Crippen molar-refractivity contribution in [3.8, 4) is 11.4 Å². The van der Waals surface area contributed by atoms with Gasteiger partial charge >= 0.3 is 0 Å². The van der Waals surface area contributed by atoms with Crippen molar-refractivity contribution in [3.05, 3.63) is 40.9 Å². The molecule has 2 heterocycles. The minimum atomic E-state index is -3.48. The summed E-state index contributed by atoms with van der Waals surface area (Å²) >= 11 is 0.848. The zero-order valence-electron chi connectivity index (χ0n) is 14.2.